The minimum absolute atomic E-state index is 0.0347. The number of nitrogens with one attached hydrogen (secondary N) is 1. The number of hydrogen-bond donors (Lipinski definition) is 1. The molecule has 0 radical (unpaired) electrons. The molecule has 9 nitrogen and oxygen atoms in total. The Morgan fingerprint density at radius 1 is 1.06 bits per heavy atom. The molecule has 11 heteroatoms. The fourth-order valence-electron chi connectivity index (χ4n) is 2.86. The third-order valence-corrected chi connectivity index (χ3v) is 6.37. The summed E-state index contributed by atoms with van der Waals surface area (Å²) in [6, 6.07) is 9.20. The molecule has 0 aliphatic heterocycles. The molecule has 3 aromatic rings. The number of carbonyl (C=O) groups is 1. The van der Waals surface area contributed by atoms with Crippen molar-refractivity contribution < 1.29 is 27.4 Å². The zero-order valence-electron chi connectivity index (χ0n) is 17.0. The van der Waals surface area contributed by atoms with Gasteiger partial charge < -0.3 is 14.2 Å². The van der Waals surface area contributed by atoms with Crippen molar-refractivity contribution >= 4 is 31.9 Å². The van der Waals surface area contributed by atoms with Gasteiger partial charge in [0, 0.05) is 29.6 Å². The van der Waals surface area contributed by atoms with Crippen LogP contribution in [0, 0.1) is 0 Å². The lowest BCUT2D eigenvalue weighted by molar-refractivity contribution is 0.0981. The van der Waals surface area contributed by atoms with Gasteiger partial charge in [0.15, 0.2) is 0 Å². The van der Waals surface area contributed by atoms with Gasteiger partial charge in [0.1, 0.15) is 22.1 Å². The lowest BCUT2D eigenvalue weighted by Gasteiger charge is -2.14. The molecule has 1 N–H and O–H groups in total. The lowest BCUT2D eigenvalue weighted by atomic mass is 10.1. The van der Waals surface area contributed by atoms with Crippen LogP contribution >= 0.6 is 15.9 Å². The Morgan fingerprint density at radius 2 is 1.77 bits per heavy atom. The summed E-state index contributed by atoms with van der Waals surface area (Å²) in [6.07, 6.45) is 3.46. The first-order chi connectivity index (χ1) is 14.8. The van der Waals surface area contributed by atoms with E-state index in [-0.39, 0.29) is 16.2 Å². The van der Waals surface area contributed by atoms with Crippen LogP contribution in [0.3, 0.4) is 0 Å². The van der Waals surface area contributed by atoms with Crippen LogP contribution in [0.1, 0.15) is 15.9 Å². The van der Waals surface area contributed by atoms with Gasteiger partial charge >= 0.3 is 0 Å². The van der Waals surface area contributed by atoms with Crippen LogP contribution in [0.2, 0.25) is 0 Å². The molecule has 0 spiro atoms. The Balaban J connectivity index is 1.87. The number of amides is 1. The van der Waals surface area contributed by atoms with Gasteiger partial charge in [0.25, 0.3) is 15.9 Å². The summed E-state index contributed by atoms with van der Waals surface area (Å²) in [5, 5.41) is 4.14. The number of halogens is 1. The largest absolute Gasteiger partial charge is 0.496 e. The van der Waals surface area contributed by atoms with E-state index in [0.717, 1.165) is 5.56 Å². The monoisotopic (exact) mass is 509 g/mol. The number of carbonyl (C=O) groups excluding carboxylic acids is 1. The summed E-state index contributed by atoms with van der Waals surface area (Å²) >= 11 is 3.24. The number of ether oxygens (including phenoxy) is 3. The third kappa shape index (κ3) is 5.00. The summed E-state index contributed by atoms with van der Waals surface area (Å²) in [4.78, 5) is 12.5. The van der Waals surface area contributed by atoms with Gasteiger partial charge in [0.2, 0.25) is 0 Å². The summed E-state index contributed by atoms with van der Waals surface area (Å²) in [5.41, 5.74) is 0.905. The molecule has 0 atom stereocenters. The minimum atomic E-state index is -4.23. The number of hydrogen-bond acceptors (Lipinski definition) is 7. The fourth-order valence-corrected chi connectivity index (χ4v) is 4.67. The van der Waals surface area contributed by atoms with Crippen LogP contribution in [0.25, 0.3) is 0 Å². The van der Waals surface area contributed by atoms with Crippen molar-refractivity contribution in [3.8, 4) is 17.2 Å². The number of methoxy groups -OCH3 is 3. The highest BCUT2D eigenvalue weighted by atomic mass is 79.9. The lowest BCUT2D eigenvalue weighted by Crippen LogP contribution is -2.31. The highest BCUT2D eigenvalue weighted by Crippen LogP contribution is 2.35. The average molecular weight is 510 g/mol. The normalized spacial score (nSPS) is 11.1. The molecule has 2 aromatic carbocycles. The molecule has 31 heavy (non-hydrogen) atoms. The zero-order valence-corrected chi connectivity index (χ0v) is 19.4. The number of nitrogens with zero attached hydrogens (tertiary/aromatic N) is 2. The number of rotatable bonds is 8. The van der Waals surface area contributed by atoms with E-state index in [1.807, 2.05) is 0 Å². The summed E-state index contributed by atoms with van der Waals surface area (Å²) in [6.45, 7) is 0.438. The predicted molar refractivity (Wildman–Crippen MR) is 116 cm³/mol. The Labute approximate surface area is 188 Å². The van der Waals surface area contributed by atoms with E-state index in [1.54, 1.807) is 29.2 Å². The van der Waals surface area contributed by atoms with E-state index in [0.29, 0.717) is 22.5 Å². The van der Waals surface area contributed by atoms with Crippen molar-refractivity contribution in [1.29, 1.82) is 0 Å². The highest BCUT2D eigenvalue weighted by molar-refractivity contribution is 9.10. The number of aromatic nitrogens is 2. The second kappa shape index (κ2) is 9.40. The van der Waals surface area contributed by atoms with Gasteiger partial charge in [-0.1, -0.05) is 6.07 Å². The maximum atomic E-state index is 12.9. The molecule has 0 bridgehead atoms. The first-order valence-corrected chi connectivity index (χ1v) is 11.2. The Bertz CT molecular complexity index is 1200. The first kappa shape index (κ1) is 22.6. The molecule has 164 valence electrons. The Morgan fingerprint density at radius 3 is 2.39 bits per heavy atom. The number of benzene rings is 2. The second-order valence-electron chi connectivity index (χ2n) is 6.30. The SMILES string of the molecule is COc1cc(OC)c(S(=O)(=O)NC(=O)c2ccc(Cn3cccn3)c(OC)c2)cc1Br. The smallest absolute Gasteiger partial charge is 0.268 e. The van der Waals surface area contributed by atoms with Crippen LogP contribution in [0.5, 0.6) is 17.2 Å². The third-order valence-electron chi connectivity index (χ3n) is 4.40. The Kier molecular flexibility index (Phi) is 6.86. The highest BCUT2D eigenvalue weighted by Gasteiger charge is 2.25. The zero-order chi connectivity index (χ0) is 22.6. The summed E-state index contributed by atoms with van der Waals surface area (Å²) in [5.74, 6) is 0.0513. The molecule has 0 aliphatic rings. The van der Waals surface area contributed by atoms with E-state index in [9.17, 15) is 13.2 Å². The quantitative estimate of drug-likeness (QED) is 0.497. The van der Waals surface area contributed by atoms with Gasteiger partial charge in [-0.2, -0.15) is 5.10 Å². The van der Waals surface area contributed by atoms with Crippen LogP contribution in [0.15, 0.2) is 58.2 Å². The van der Waals surface area contributed by atoms with Crippen molar-refractivity contribution in [3.63, 3.8) is 0 Å². The summed E-state index contributed by atoms with van der Waals surface area (Å²) in [7, 11) is 0.00813. The van der Waals surface area contributed by atoms with Crippen LogP contribution in [0.4, 0.5) is 0 Å². The molecule has 1 amide bonds. The fraction of sp³-hybridized carbons (Fsp3) is 0.200. The van der Waals surface area contributed by atoms with Crippen molar-refractivity contribution in [2.24, 2.45) is 0 Å². The van der Waals surface area contributed by atoms with Crippen LogP contribution < -0.4 is 18.9 Å². The van der Waals surface area contributed by atoms with Gasteiger partial charge in [0.05, 0.1) is 32.3 Å². The molecule has 0 saturated heterocycles. The minimum Gasteiger partial charge on any atom is -0.496 e. The number of sulfonamides is 1. The average Bonchev–Trinajstić information content (AvgIpc) is 3.26. The van der Waals surface area contributed by atoms with E-state index >= 15 is 0 Å². The molecule has 3 rings (SSSR count). The van der Waals surface area contributed by atoms with Crippen molar-refractivity contribution in [2.45, 2.75) is 11.4 Å². The maximum absolute atomic E-state index is 12.9. The summed E-state index contributed by atoms with van der Waals surface area (Å²) < 4.78 is 45.6. The molecule has 0 aliphatic carbocycles. The topological polar surface area (TPSA) is 109 Å². The van der Waals surface area contributed by atoms with E-state index in [2.05, 4.69) is 25.8 Å². The van der Waals surface area contributed by atoms with Crippen LogP contribution in [-0.2, 0) is 16.6 Å². The molecule has 0 saturated carbocycles. The second-order valence-corrected chi connectivity index (χ2v) is 8.81. The molecule has 0 unspecified atom stereocenters. The molecular formula is C20H20BrN3O6S. The van der Waals surface area contributed by atoms with Gasteiger partial charge in [-0.05, 0) is 40.2 Å². The van der Waals surface area contributed by atoms with E-state index in [1.165, 1.54) is 45.6 Å². The van der Waals surface area contributed by atoms with Crippen molar-refractivity contribution in [1.82, 2.24) is 14.5 Å². The van der Waals surface area contributed by atoms with Gasteiger partial charge in [-0.15, -0.1) is 0 Å². The van der Waals surface area contributed by atoms with Crippen molar-refractivity contribution in [3.05, 3.63) is 64.4 Å². The molecule has 0 fully saturated rings. The molecule has 1 heterocycles. The first-order valence-electron chi connectivity index (χ1n) is 8.92. The molecule has 1 aromatic heterocycles. The Hall–Kier alpha value is -3.05. The van der Waals surface area contributed by atoms with Crippen LogP contribution in [-0.4, -0.2) is 45.4 Å². The predicted octanol–water partition coefficient (Wildman–Crippen LogP) is 2.84. The maximum Gasteiger partial charge on any atom is 0.268 e. The van der Waals surface area contributed by atoms with E-state index in [4.69, 9.17) is 14.2 Å². The standard InChI is InChI=1S/C20H20BrN3O6S/c1-28-16-9-13(5-6-14(16)12-24-8-4-7-22-24)20(25)23-31(26,27)19-10-15(21)17(29-2)11-18(19)30-3/h4-11H,12H2,1-3H3,(H,23,25). The van der Waals surface area contributed by atoms with E-state index < -0.39 is 15.9 Å². The van der Waals surface area contributed by atoms with Gasteiger partial charge in [-0.3, -0.25) is 9.48 Å². The van der Waals surface area contributed by atoms with Crippen molar-refractivity contribution in [2.75, 3.05) is 21.3 Å². The molecular weight excluding hydrogens is 490 g/mol. The van der Waals surface area contributed by atoms with Gasteiger partial charge in [-0.25, -0.2) is 13.1 Å².